The lowest BCUT2D eigenvalue weighted by atomic mass is 9.98. The largest absolute Gasteiger partial charge is 0.478 e. The smallest absolute Gasteiger partial charge is 0.335 e. The van der Waals surface area contributed by atoms with Crippen LogP contribution in [0.2, 0.25) is 0 Å². The number of amides is 2. The minimum atomic E-state index is -1.24. The summed E-state index contributed by atoms with van der Waals surface area (Å²) in [5, 5.41) is 13.7. The lowest BCUT2D eigenvalue weighted by Gasteiger charge is -2.21. The Kier molecular flexibility index (Phi) is 3.97. The topological polar surface area (TPSA) is 95.5 Å². The van der Waals surface area contributed by atoms with Gasteiger partial charge < -0.3 is 15.7 Å². The van der Waals surface area contributed by atoms with Gasteiger partial charge in [-0.3, -0.25) is 9.59 Å². The molecule has 106 valence electrons. The van der Waals surface area contributed by atoms with Gasteiger partial charge in [-0.15, -0.1) is 0 Å². The van der Waals surface area contributed by atoms with E-state index >= 15 is 0 Å². The van der Waals surface area contributed by atoms with Crippen LogP contribution in [0.4, 0.5) is 10.1 Å². The molecule has 1 aromatic carbocycles. The molecule has 1 aliphatic rings. The van der Waals surface area contributed by atoms with Crippen molar-refractivity contribution in [1.82, 2.24) is 5.32 Å². The molecular formula is C13H13FN2O4. The van der Waals surface area contributed by atoms with Gasteiger partial charge in [-0.05, 0) is 24.6 Å². The monoisotopic (exact) mass is 280 g/mol. The number of rotatable bonds is 3. The Morgan fingerprint density at radius 1 is 1.40 bits per heavy atom. The first-order valence-corrected chi connectivity index (χ1v) is 6.08. The van der Waals surface area contributed by atoms with E-state index < -0.39 is 23.6 Å². The number of hydrogen-bond acceptors (Lipinski definition) is 3. The molecule has 1 unspecified atom stereocenters. The summed E-state index contributed by atoms with van der Waals surface area (Å²) >= 11 is 0. The number of nitrogens with one attached hydrogen (secondary N) is 2. The van der Waals surface area contributed by atoms with Crippen molar-refractivity contribution >= 4 is 23.5 Å². The number of halogens is 1. The fraction of sp³-hybridized carbons (Fsp3) is 0.308. The van der Waals surface area contributed by atoms with Gasteiger partial charge in [0, 0.05) is 13.0 Å². The van der Waals surface area contributed by atoms with E-state index in [1.54, 1.807) is 0 Å². The number of carbonyl (C=O) groups is 3. The van der Waals surface area contributed by atoms with Crippen LogP contribution in [-0.2, 0) is 9.59 Å². The third kappa shape index (κ3) is 3.11. The Morgan fingerprint density at radius 2 is 2.15 bits per heavy atom. The Morgan fingerprint density at radius 3 is 2.70 bits per heavy atom. The second-order valence-corrected chi connectivity index (χ2v) is 4.53. The first kappa shape index (κ1) is 14.0. The van der Waals surface area contributed by atoms with E-state index in [-0.39, 0.29) is 30.1 Å². The second-order valence-electron chi connectivity index (χ2n) is 4.53. The summed E-state index contributed by atoms with van der Waals surface area (Å²) in [6.07, 6.45) is 0.672. The molecule has 7 heteroatoms. The van der Waals surface area contributed by atoms with Crippen LogP contribution in [0, 0.1) is 11.7 Å². The van der Waals surface area contributed by atoms with Crippen molar-refractivity contribution < 1.29 is 23.9 Å². The molecule has 1 fully saturated rings. The van der Waals surface area contributed by atoms with Crippen LogP contribution in [-0.4, -0.2) is 29.4 Å². The van der Waals surface area contributed by atoms with Crippen molar-refractivity contribution in [3.05, 3.63) is 29.6 Å². The summed E-state index contributed by atoms with van der Waals surface area (Å²) in [6, 6.07) is 3.27. The second kappa shape index (κ2) is 5.68. The van der Waals surface area contributed by atoms with E-state index in [0.29, 0.717) is 6.42 Å². The molecule has 0 aliphatic carbocycles. The highest BCUT2D eigenvalue weighted by atomic mass is 19.1. The minimum absolute atomic E-state index is 0.0723. The van der Waals surface area contributed by atoms with Gasteiger partial charge in [0.15, 0.2) is 0 Å². The third-order valence-corrected chi connectivity index (χ3v) is 3.11. The van der Waals surface area contributed by atoms with Gasteiger partial charge in [-0.2, -0.15) is 0 Å². The number of carbonyl (C=O) groups excluding carboxylic acids is 2. The van der Waals surface area contributed by atoms with Gasteiger partial charge in [0.25, 0.3) is 0 Å². The molecule has 20 heavy (non-hydrogen) atoms. The van der Waals surface area contributed by atoms with Crippen LogP contribution in [0.1, 0.15) is 23.2 Å². The van der Waals surface area contributed by atoms with E-state index in [4.69, 9.17) is 5.11 Å². The molecule has 1 aromatic rings. The molecule has 0 spiro atoms. The van der Waals surface area contributed by atoms with Crippen molar-refractivity contribution in [1.29, 1.82) is 0 Å². The quantitative estimate of drug-likeness (QED) is 0.769. The average Bonchev–Trinajstić information content (AvgIpc) is 2.41. The average molecular weight is 280 g/mol. The van der Waals surface area contributed by atoms with Crippen molar-refractivity contribution in [3.8, 4) is 0 Å². The minimum Gasteiger partial charge on any atom is -0.478 e. The van der Waals surface area contributed by atoms with Gasteiger partial charge in [-0.25, -0.2) is 9.18 Å². The van der Waals surface area contributed by atoms with Gasteiger partial charge in [-0.1, -0.05) is 0 Å². The van der Waals surface area contributed by atoms with Crippen LogP contribution in [0.15, 0.2) is 18.2 Å². The van der Waals surface area contributed by atoms with E-state index in [1.165, 1.54) is 12.1 Å². The molecule has 1 aliphatic heterocycles. The van der Waals surface area contributed by atoms with Gasteiger partial charge in [0.05, 0.1) is 17.2 Å². The molecule has 2 rings (SSSR count). The Labute approximate surface area is 114 Å². The Balaban J connectivity index is 2.04. The predicted octanol–water partition coefficient (Wildman–Crippen LogP) is 0.989. The molecule has 0 bridgehead atoms. The van der Waals surface area contributed by atoms with E-state index in [0.717, 1.165) is 6.07 Å². The number of benzene rings is 1. The lowest BCUT2D eigenvalue weighted by molar-refractivity contribution is -0.126. The maximum Gasteiger partial charge on any atom is 0.335 e. The molecule has 0 radical (unpaired) electrons. The fourth-order valence-corrected chi connectivity index (χ4v) is 1.94. The van der Waals surface area contributed by atoms with Crippen LogP contribution in [0.5, 0.6) is 0 Å². The highest BCUT2D eigenvalue weighted by Crippen LogP contribution is 2.19. The van der Waals surface area contributed by atoms with Gasteiger partial charge >= 0.3 is 5.97 Å². The first-order valence-electron chi connectivity index (χ1n) is 6.08. The molecule has 1 saturated heterocycles. The Bertz CT molecular complexity index is 563. The highest BCUT2D eigenvalue weighted by Gasteiger charge is 2.25. The lowest BCUT2D eigenvalue weighted by Crippen LogP contribution is -2.40. The summed E-state index contributed by atoms with van der Waals surface area (Å²) in [5.41, 5.74) is -0.262. The molecule has 2 amide bonds. The number of piperidine rings is 1. The fourth-order valence-electron chi connectivity index (χ4n) is 1.94. The van der Waals surface area contributed by atoms with Crippen molar-refractivity contribution in [3.63, 3.8) is 0 Å². The van der Waals surface area contributed by atoms with Gasteiger partial charge in [0.2, 0.25) is 11.8 Å². The third-order valence-electron chi connectivity index (χ3n) is 3.11. The molecule has 0 saturated carbocycles. The number of carboxylic acid groups (broad SMARTS) is 1. The standard InChI is InChI=1S/C13H13FN2O4/c14-9-5-7(13(19)20)1-3-10(9)16-12(18)8-2-4-11(17)15-6-8/h1,3,5,8H,2,4,6H2,(H,15,17)(H,16,18)(H,19,20). The van der Waals surface area contributed by atoms with Crippen LogP contribution >= 0.6 is 0 Å². The molecule has 3 N–H and O–H groups in total. The number of aromatic carboxylic acids is 1. The van der Waals surface area contributed by atoms with E-state index in [2.05, 4.69) is 10.6 Å². The van der Waals surface area contributed by atoms with E-state index in [1.807, 2.05) is 0 Å². The van der Waals surface area contributed by atoms with Crippen LogP contribution in [0.3, 0.4) is 0 Å². The summed E-state index contributed by atoms with van der Waals surface area (Å²) in [6.45, 7) is 0.222. The van der Waals surface area contributed by atoms with E-state index in [9.17, 15) is 18.8 Å². The number of hydrogen-bond donors (Lipinski definition) is 3. The van der Waals surface area contributed by atoms with Gasteiger partial charge in [0.1, 0.15) is 5.82 Å². The van der Waals surface area contributed by atoms with Crippen molar-refractivity contribution in [2.75, 3.05) is 11.9 Å². The zero-order valence-corrected chi connectivity index (χ0v) is 10.5. The van der Waals surface area contributed by atoms with Crippen LogP contribution < -0.4 is 10.6 Å². The molecule has 1 heterocycles. The first-order chi connectivity index (χ1) is 9.47. The summed E-state index contributed by atoms with van der Waals surface area (Å²) < 4.78 is 13.7. The maximum absolute atomic E-state index is 13.7. The summed E-state index contributed by atoms with van der Waals surface area (Å²) in [4.78, 5) is 33.6. The predicted molar refractivity (Wildman–Crippen MR) is 67.7 cm³/mol. The Hall–Kier alpha value is -2.44. The highest BCUT2D eigenvalue weighted by molar-refractivity contribution is 5.95. The summed E-state index contributed by atoms with van der Waals surface area (Å²) in [7, 11) is 0. The molecule has 0 aromatic heterocycles. The van der Waals surface area contributed by atoms with Crippen molar-refractivity contribution in [2.45, 2.75) is 12.8 Å². The maximum atomic E-state index is 13.7. The zero-order valence-electron chi connectivity index (χ0n) is 10.5. The number of carboxylic acids is 1. The molecule has 6 nitrogen and oxygen atoms in total. The SMILES string of the molecule is O=C1CCC(C(=O)Nc2ccc(C(=O)O)cc2F)CN1. The number of anilines is 1. The van der Waals surface area contributed by atoms with Crippen molar-refractivity contribution in [2.24, 2.45) is 5.92 Å². The molecular weight excluding hydrogens is 267 g/mol. The van der Waals surface area contributed by atoms with Crippen LogP contribution in [0.25, 0.3) is 0 Å². The normalized spacial score (nSPS) is 18.2. The zero-order chi connectivity index (χ0) is 14.7. The molecule has 1 atom stereocenters. The summed E-state index contributed by atoms with van der Waals surface area (Å²) in [5.74, 6) is -2.96.